The van der Waals surface area contributed by atoms with Crippen molar-refractivity contribution in [2.24, 2.45) is 5.73 Å². The summed E-state index contributed by atoms with van der Waals surface area (Å²) >= 11 is 12.5. The molecule has 11 heteroatoms. The number of carboxylic acid groups (broad SMARTS) is 1. The molecule has 6 N–H and O–H groups in total. The summed E-state index contributed by atoms with van der Waals surface area (Å²) in [5.74, 6) is -0.851. The van der Waals surface area contributed by atoms with Gasteiger partial charge in [-0.2, -0.15) is 0 Å². The van der Waals surface area contributed by atoms with E-state index in [4.69, 9.17) is 35.3 Å². The van der Waals surface area contributed by atoms with Crippen LogP contribution in [0.15, 0.2) is 95.7 Å². The Kier molecular flexibility index (Phi) is 11.9. The minimum absolute atomic E-state index is 0.00721. The Bertz CT molecular complexity index is 1940. The van der Waals surface area contributed by atoms with Crippen LogP contribution in [-0.2, 0) is 35.5 Å². The lowest BCUT2D eigenvalue weighted by Gasteiger charge is -2.06. The van der Waals surface area contributed by atoms with Crippen molar-refractivity contribution in [1.82, 2.24) is 15.3 Å². The highest BCUT2D eigenvalue weighted by Gasteiger charge is 2.05. The van der Waals surface area contributed by atoms with Gasteiger partial charge in [0.2, 0.25) is 5.91 Å². The van der Waals surface area contributed by atoms with Gasteiger partial charge in [-0.3, -0.25) is 9.59 Å². The maximum atomic E-state index is 11.9. The van der Waals surface area contributed by atoms with E-state index < -0.39 is 5.97 Å². The second kappa shape index (κ2) is 16.0. The molecular weight excluding hydrogens is 617 g/mol. The summed E-state index contributed by atoms with van der Waals surface area (Å²) < 4.78 is 1.32. The fourth-order valence-electron chi connectivity index (χ4n) is 4.11. The number of benzene rings is 4. The third kappa shape index (κ3) is 10.3. The average molecular weight is 647 g/mol. The van der Waals surface area contributed by atoms with Crippen molar-refractivity contribution in [3.8, 4) is 0 Å². The van der Waals surface area contributed by atoms with Crippen molar-refractivity contribution in [3.05, 3.63) is 126 Å². The number of nitrogens with two attached hydrogens (primary N) is 1. The number of rotatable bonds is 7. The minimum Gasteiger partial charge on any atom is -0.481 e. The molecule has 0 bridgehead atoms. The SMILES string of the molecule is NCc1ccc2ccccc2c1.O=C(Cc1csc(=S)[nH]1)NCc1ccc2ccccc2c1.O=C(O)Cc1csc(=S)[nH]1. The quantitative estimate of drug-likeness (QED) is 0.114. The number of carboxylic acids is 1. The first kappa shape index (κ1) is 31.9. The van der Waals surface area contributed by atoms with Crippen LogP contribution in [0.2, 0.25) is 0 Å². The molecule has 2 aromatic heterocycles. The van der Waals surface area contributed by atoms with Crippen LogP contribution >= 0.6 is 47.1 Å². The molecule has 0 unspecified atom stereocenters. The van der Waals surface area contributed by atoms with E-state index in [1.165, 1.54) is 49.8 Å². The number of aromatic nitrogens is 2. The molecule has 0 aliphatic heterocycles. The second-order valence-corrected chi connectivity index (χ2v) is 12.5. The Morgan fingerprint density at radius 3 is 1.70 bits per heavy atom. The topological polar surface area (TPSA) is 124 Å². The smallest absolute Gasteiger partial charge is 0.309 e. The third-order valence-corrected chi connectivity index (χ3v) is 8.41. The van der Waals surface area contributed by atoms with E-state index in [9.17, 15) is 9.59 Å². The first-order valence-corrected chi connectivity index (χ1v) is 15.8. The van der Waals surface area contributed by atoms with Gasteiger partial charge < -0.3 is 26.1 Å². The van der Waals surface area contributed by atoms with Crippen molar-refractivity contribution in [3.63, 3.8) is 0 Å². The number of thiazole rings is 2. The van der Waals surface area contributed by atoms with Gasteiger partial charge in [0.05, 0.1) is 12.8 Å². The van der Waals surface area contributed by atoms with E-state index in [0.717, 1.165) is 11.3 Å². The zero-order valence-corrected chi connectivity index (χ0v) is 26.3. The van der Waals surface area contributed by atoms with E-state index in [2.05, 4.69) is 69.9 Å². The molecule has 0 fully saturated rings. The van der Waals surface area contributed by atoms with E-state index >= 15 is 0 Å². The van der Waals surface area contributed by atoms with Gasteiger partial charge in [0.15, 0.2) is 7.91 Å². The van der Waals surface area contributed by atoms with E-state index in [-0.39, 0.29) is 12.3 Å². The van der Waals surface area contributed by atoms with E-state index in [0.29, 0.717) is 33.1 Å². The molecular formula is C32H30N4O3S4. The molecule has 6 rings (SSSR count). The number of hydrogen-bond acceptors (Lipinski definition) is 7. The van der Waals surface area contributed by atoms with Gasteiger partial charge in [-0.1, -0.05) is 72.8 Å². The zero-order chi connectivity index (χ0) is 30.6. The number of aliphatic carboxylic acids is 1. The van der Waals surface area contributed by atoms with E-state index in [1.807, 2.05) is 35.7 Å². The van der Waals surface area contributed by atoms with Gasteiger partial charge in [-0.05, 0) is 69.2 Å². The predicted octanol–water partition coefficient (Wildman–Crippen LogP) is 7.55. The predicted molar refractivity (Wildman–Crippen MR) is 182 cm³/mol. The molecule has 2 heterocycles. The Labute approximate surface area is 267 Å². The summed E-state index contributed by atoms with van der Waals surface area (Å²) in [6, 6.07) is 29.0. The van der Waals surface area contributed by atoms with Crippen LogP contribution < -0.4 is 11.1 Å². The van der Waals surface area contributed by atoms with Crippen LogP contribution in [0, 0.1) is 7.91 Å². The molecule has 6 aromatic rings. The lowest BCUT2D eigenvalue weighted by molar-refractivity contribution is -0.136. The summed E-state index contributed by atoms with van der Waals surface area (Å²) in [7, 11) is 0. The monoisotopic (exact) mass is 646 g/mol. The minimum atomic E-state index is -0.843. The number of carbonyl (C=O) groups excluding carboxylic acids is 1. The average Bonchev–Trinajstić information content (AvgIpc) is 3.62. The van der Waals surface area contributed by atoms with Gasteiger partial charge in [0.25, 0.3) is 0 Å². The molecule has 1 amide bonds. The largest absolute Gasteiger partial charge is 0.481 e. The number of H-pyrrole nitrogens is 2. The molecule has 0 spiro atoms. The molecule has 0 atom stereocenters. The lowest BCUT2D eigenvalue weighted by Crippen LogP contribution is -2.24. The number of carbonyl (C=O) groups is 2. The molecule has 4 aromatic carbocycles. The Morgan fingerprint density at radius 2 is 1.21 bits per heavy atom. The molecule has 0 radical (unpaired) electrons. The van der Waals surface area contributed by atoms with Crippen molar-refractivity contribution in [2.75, 3.05) is 0 Å². The fraction of sp³-hybridized carbons (Fsp3) is 0.125. The number of aromatic amines is 2. The van der Waals surface area contributed by atoms with Crippen LogP contribution in [0.5, 0.6) is 0 Å². The Morgan fingerprint density at radius 1 is 0.721 bits per heavy atom. The second-order valence-electron chi connectivity index (χ2n) is 9.44. The van der Waals surface area contributed by atoms with E-state index in [1.54, 1.807) is 5.38 Å². The highest BCUT2D eigenvalue weighted by Crippen LogP contribution is 2.16. The molecule has 0 aliphatic carbocycles. The molecule has 220 valence electrons. The number of amides is 1. The lowest BCUT2D eigenvalue weighted by atomic mass is 10.1. The maximum Gasteiger partial charge on any atom is 0.309 e. The molecule has 0 saturated carbocycles. The van der Waals surface area contributed by atoms with Gasteiger partial charge in [0, 0.05) is 35.2 Å². The van der Waals surface area contributed by atoms with Gasteiger partial charge >= 0.3 is 5.97 Å². The van der Waals surface area contributed by atoms with Crippen LogP contribution in [0.25, 0.3) is 21.5 Å². The van der Waals surface area contributed by atoms with Crippen LogP contribution in [0.4, 0.5) is 0 Å². The maximum absolute atomic E-state index is 11.9. The number of fused-ring (bicyclic) bond motifs is 2. The number of hydrogen-bond donors (Lipinski definition) is 5. The number of nitrogens with one attached hydrogen (secondary N) is 3. The summed E-state index contributed by atoms with van der Waals surface area (Å²) in [6.07, 6.45) is 0.355. The van der Waals surface area contributed by atoms with Crippen LogP contribution in [-0.4, -0.2) is 27.0 Å². The van der Waals surface area contributed by atoms with Crippen LogP contribution in [0.1, 0.15) is 22.5 Å². The van der Waals surface area contributed by atoms with Crippen LogP contribution in [0.3, 0.4) is 0 Å². The first-order valence-electron chi connectivity index (χ1n) is 13.3. The summed E-state index contributed by atoms with van der Waals surface area (Å²) in [5.41, 5.74) is 9.36. The van der Waals surface area contributed by atoms with Gasteiger partial charge in [0.1, 0.15) is 0 Å². The molecule has 43 heavy (non-hydrogen) atoms. The third-order valence-electron chi connectivity index (χ3n) is 6.19. The highest BCUT2D eigenvalue weighted by atomic mass is 32.2. The Hall–Kier alpha value is -4.00. The fourth-order valence-corrected chi connectivity index (χ4v) is 5.83. The zero-order valence-electron chi connectivity index (χ0n) is 23.0. The molecule has 0 saturated heterocycles. The molecule has 7 nitrogen and oxygen atoms in total. The highest BCUT2D eigenvalue weighted by molar-refractivity contribution is 7.73. The van der Waals surface area contributed by atoms with Crippen molar-refractivity contribution >= 4 is 80.5 Å². The summed E-state index contributed by atoms with van der Waals surface area (Å²) in [4.78, 5) is 27.8. The summed E-state index contributed by atoms with van der Waals surface area (Å²) in [5, 5.41) is 19.8. The summed E-state index contributed by atoms with van der Waals surface area (Å²) in [6.45, 7) is 1.15. The first-order chi connectivity index (χ1) is 20.8. The van der Waals surface area contributed by atoms with Crippen molar-refractivity contribution < 1.29 is 14.7 Å². The standard InChI is InChI=1S/C16H14N2OS2.C11H11N.C5H5NO2S2/c19-15(8-14-10-21-16(20)18-14)17-9-11-5-6-12-3-1-2-4-13(12)7-11;12-8-9-5-6-10-3-1-2-4-11(10)7-9;7-4(8)1-3-2-10-5(9)6-3/h1-7,10H,8-9H2,(H,17,19)(H,18,20);1-7H,8,12H2;2H,1H2,(H,6,9)(H,7,8). The van der Waals surface area contributed by atoms with Crippen molar-refractivity contribution in [1.29, 1.82) is 0 Å². The van der Waals surface area contributed by atoms with Gasteiger partial charge in [-0.25, -0.2) is 0 Å². The normalized spacial score (nSPS) is 10.3. The Balaban J connectivity index is 0.000000163. The van der Waals surface area contributed by atoms with Crippen molar-refractivity contribution in [2.45, 2.75) is 25.9 Å². The van der Waals surface area contributed by atoms with Gasteiger partial charge in [-0.15, -0.1) is 22.7 Å². The molecule has 0 aliphatic rings.